The van der Waals surface area contributed by atoms with Crippen molar-refractivity contribution < 1.29 is 9.53 Å². The second kappa shape index (κ2) is 14.9. The summed E-state index contributed by atoms with van der Waals surface area (Å²) < 4.78 is 5.60. The summed E-state index contributed by atoms with van der Waals surface area (Å²) in [5.74, 6) is 6.85. The number of unbranched alkanes of at least 4 members (excludes halogenated alkanes) is 3. The number of carbonyl (C=O) groups is 1. The molecule has 3 aliphatic carbocycles. The monoisotopic (exact) mass is 474 g/mol. The van der Waals surface area contributed by atoms with Gasteiger partial charge in [-0.25, -0.2) is 0 Å². The summed E-state index contributed by atoms with van der Waals surface area (Å²) in [4.78, 5) is 12.5. The lowest BCUT2D eigenvalue weighted by Gasteiger charge is -2.42. The lowest BCUT2D eigenvalue weighted by atomic mass is 9.63. The van der Waals surface area contributed by atoms with Gasteiger partial charge in [-0.3, -0.25) is 4.79 Å². The van der Waals surface area contributed by atoms with Crippen molar-refractivity contribution in [2.24, 2.45) is 47.3 Å². The van der Waals surface area contributed by atoms with Gasteiger partial charge in [-0.15, -0.1) is 0 Å². The van der Waals surface area contributed by atoms with Crippen molar-refractivity contribution in [3.8, 4) is 0 Å². The molecular formula is C32H58O2. The van der Waals surface area contributed by atoms with Crippen LogP contribution in [0.5, 0.6) is 0 Å². The van der Waals surface area contributed by atoms with Gasteiger partial charge in [0.2, 0.25) is 0 Å². The fourth-order valence-corrected chi connectivity index (χ4v) is 8.08. The summed E-state index contributed by atoms with van der Waals surface area (Å²) in [6.45, 7) is 10.3. The van der Waals surface area contributed by atoms with E-state index in [1.54, 1.807) is 0 Å². The first kappa shape index (κ1) is 28.0. The molecule has 0 bridgehead atoms. The van der Waals surface area contributed by atoms with Gasteiger partial charge in [0, 0.05) is 0 Å². The van der Waals surface area contributed by atoms with E-state index < -0.39 is 0 Å². The highest BCUT2D eigenvalue weighted by atomic mass is 16.5. The number of ether oxygens (including phenoxy) is 1. The molecule has 0 heterocycles. The van der Waals surface area contributed by atoms with E-state index in [9.17, 15) is 4.79 Å². The van der Waals surface area contributed by atoms with Crippen LogP contribution in [0.4, 0.5) is 0 Å². The first-order chi connectivity index (χ1) is 16.5. The van der Waals surface area contributed by atoms with E-state index in [1.165, 1.54) is 96.3 Å². The van der Waals surface area contributed by atoms with Crippen LogP contribution in [0.1, 0.15) is 143 Å². The number of carbonyl (C=O) groups excluding carboxylic acids is 1. The van der Waals surface area contributed by atoms with Crippen molar-refractivity contribution in [2.45, 2.75) is 143 Å². The van der Waals surface area contributed by atoms with E-state index in [0.717, 1.165) is 60.7 Å². The van der Waals surface area contributed by atoms with Gasteiger partial charge in [-0.2, -0.15) is 0 Å². The van der Waals surface area contributed by atoms with Crippen molar-refractivity contribution >= 4 is 5.97 Å². The van der Waals surface area contributed by atoms with Gasteiger partial charge < -0.3 is 4.74 Å². The Morgan fingerprint density at radius 3 is 1.59 bits per heavy atom. The lowest BCUT2D eigenvalue weighted by Crippen LogP contribution is -2.33. The molecule has 2 unspecified atom stereocenters. The van der Waals surface area contributed by atoms with Crippen LogP contribution in [0.25, 0.3) is 0 Å². The predicted molar refractivity (Wildman–Crippen MR) is 145 cm³/mol. The highest BCUT2D eigenvalue weighted by molar-refractivity contribution is 5.72. The maximum absolute atomic E-state index is 12.5. The molecule has 3 aliphatic rings. The number of hydrogen-bond acceptors (Lipinski definition) is 2. The zero-order valence-electron chi connectivity index (χ0n) is 23.4. The van der Waals surface area contributed by atoms with E-state index in [0.29, 0.717) is 6.61 Å². The van der Waals surface area contributed by atoms with Gasteiger partial charge in [0.25, 0.3) is 0 Å². The molecule has 0 aliphatic heterocycles. The lowest BCUT2D eigenvalue weighted by molar-refractivity contribution is -0.150. The summed E-state index contributed by atoms with van der Waals surface area (Å²) in [6.07, 6.45) is 24.1. The summed E-state index contributed by atoms with van der Waals surface area (Å²) in [6, 6.07) is 0. The van der Waals surface area contributed by atoms with Crippen molar-refractivity contribution in [2.75, 3.05) is 6.61 Å². The summed E-state index contributed by atoms with van der Waals surface area (Å²) in [7, 11) is 0. The SMILES string of the molecule is CCCCCCOC(=O)C1CCC(C(C)C2CCC(C(C)C3CCC(CCC)CC3)CC2)CC1. The van der Waals surface area contributed by atoms with Crippen LogP contribution < -0.4 is 0 Å². The standard InChI is InChI=1S/C32H58O2/c1-5-7-8-9-23-34-32(33)31-21-19-30(20-22-31)25(4)29-17-15-28(16-18-29)24(3)27-13-11-26(10-6-2)12-14-27/h24-31H,5-23H2,1-4H3. The molecule has 2 nitrogen and oxygen atoms in total. The van der Waals surface area contributed by atoms with Gasteiger partial charge in [0.15, 0.2) is 0 Å². The third kappa shape index (κ3) is 8.26. The fraction of sp³-hybridized carbons (Fsp3) is 0.969. The molecule has 0 N–H and O–H groups in total. The van der Waals surface area contributed by atoms with E-state index >= 15 is 0 Å². The minimum Gasteiger partial charge on any atom is -0.465 e. The third-order valence-electron chi connectivity index (χ3n) is 10.7. The number of esters is 1. The minimum absolute atomic E-state index is 0.0980. The zero-order valence-corrected chi connectivity index (χ0v) is 23.4. The number of hydrogen-bond donors (Lipinski definition) is 0. The van der Waals surface area contributed by atoms with Gasteiger partial charge in [0.1, 0.15) is 0 Å². The first-order valence-electron chi connectivity index (χ1n) is 15.7. The van der Waals surface area contributed by atoms with Crippen molar-refractivity contribution in [1.29, 1.82) is 0 Å². The second-order valence-corrected chi connectivity index (χ2v) is 12.8. The molecule has 0 aromatic carbocycles. The molecule has 0 saturated heterocycles. The van der Waals surface area contributed by atoms with Gasteiger partial charge in [-0.05, 0) is 112 Å². The summed E-state index contributed by atoms with van der Waals surface area (Å²) in [5, 5.41) is 0. The van der Waals surface area contributed by atoms with Crippen LogP contribution in [-0.4, -0.2) is 12.6 Å². The van der Waals surface area contributed by atoms with E-state index in [1.807, 2.05) is 0 Å². The molecular weight excluding hydrogens is 416 g/mol. The Balaban J connectivity index is 1.32. The maximum Gasteiger partial charge on any atom is 0.308 e. The van der Waals surface area contributed by atoms with Crippen LogP contribution in [0.15, 0.2) is 0 Å². The van der Waals surface area contributed by atoms with Crippen molar-refractivity contribution in [1.82, 2.24) is 0 Å². The van der Waals surface area contributed by atoms with E-state index in [4.69, 9.17) is 4.74 Å². The van der Waals surface area contributed by atoms with Crippen LogP contribution in [-0.2, 0) is 9.53 Å². The molecule has 3 saturated carbocycles. The highest BCUT2D eigenvalue weighted by Gasteiger charge is 2.37. The molecule has 0 aromatic heterocycles. The first-order valence-corrected chi connectivity index (χ1v) is 15.7. The fourth-order valence-electron chi connectivity index (χ4n) is 8.08. The average Bonchev–Trinajstić information content (AvgIpc) is 2.88. The Hall–Kier alpha value is -0.530. The second-order valence-electron chi connectivity index (χ2n) is 12.8. The topological polar surface area (TPSA) is 26.3 Å². The highest BCUT2D eigenvalue weighted by Crippen LogP contribution is 2.46. The number of rotatable bonds is 12. The smallest absolute Gasteiger partial charge is 0.308 e. The maximum atomic E-state index is 12.5. The molecule has 2 heteroatoms. The van der Waals surface area contributed by atoms with Crippen LogP contribution in [0.2, 0.25) is 0 Å². The Morgan fingerprint density at radius 2 is 1.12 bits per heavy atom. The van der Waals surface area contributed by atoms with Gasteiger partial charge >= 0.3 is 5.97 Å². The van der Waals surface area contributed by atoms with E-state index in [-0.39, 0.29) is 11.9 Å². The predicted octanol–water partition coefficient (Wildman–Crippen LogP) is 9.60. The molecule has 0 amide bonds. The molecule has 198 valence electrons. The average molecular weight is 475 g/mol. The van der Waals surface area contributed by atoms with Gasteiger partial charge in [-0.1, -0.05) is 72.6 Å². The van der Waals surface area contributed by atoms with E-state index in [2.05, 4.69) is 27.7 Å². The molecule has 2 atom stereocenters. The van der Waals surface area contributed by atoms with Crippen LogP contribution in [0.3, 0.4) is 0 Å². The molecule has 3 fully saturated rings. The minimum atomic E-state index is 0.0980. The largest absolute Gasteiger partial charge is 0.465 e. The summed E-state index contributed by atoms with van der Waals surface area (Å²) >= 11 is 0. The quantitative estimate of drug-likeness (QED) is 0.208. The van der Waals surface area contributed by atoms with Crippen LogP contribution >= 0.6 is 0 Å². The molecule has 3 rings (SSSR count). The van der Waals surface area contributed by atoms with Gasteiger partial charge in [0.05, 0.1) is 12.5 Å². The Kier molecular flexibility index (Phi) is 12.3. The molecule has 0 aromatic rings. The van der Waals surface area contributed by atoms with Crippen LogP contribution in [0, 0.1) is 47.3 Å². The zero-order chi connectivity index (χ0) is 24.3. The Labute approximate surface area is 212 Å². The normalized spacial score (nSPS) is 34.4. The summed E-state index contributed by atoms with van der Waals surface area (Å²) in [5.41, 5.74) is 0. The third-order valence-corrected chi connectivity index (χ3v) is 10.7. The molecule has 34 heavy (non-hydrogen) atoms. The van der Waals surface area contributed by atoms with Crippen molar-refractivity contribution in [3.63, 3.8) is 0 Å². The molecule has 0 spiro atoms. The Morgan fingerprint density at radius 1 is 0.647 bits per heavy atom. The molecule has 0 radical (unpaired) electrons. The Bertz CT molecular complexity index is 547. The van der Waals surface area contributed by atoms with Crippen molar-refractivity contribution in [3.05, 3.63) is 0 Å².